The van der Waals surface area contributed by atoms with Gasteiger partial charge in [0.2, 0.25) is 0 Å². The zero-order valence-corrected chi connectivity index (χ0v) is 16.7. The Bertz CT molecular complexity index is 1050. The molecule has 0 saturated heterocycles. The van der Waals surface area contributed by atoms with E-state index in [1.165, 1.54) is 0 Å². The van der Waals surface area contributed by atoms with Crippen LogP contribution in [0.4, 0.5) is 0 Å². The van der Waals surface area contributed by atoms with Crippen molar-refractivity contribution >= 4 is 22.6 Å². The van der Waals surface area contributed by atoms with Crippen molar-refractivity contribution in [1.29, 1.82) is 0 Å². The molecule has 1 aromatic carbocycles. The maximum atomic E-state index is 12.7. The lowest BCUT2D eigenvalue weighted by Gasteiger charge is -2.24. The lowest BCUT2D eigenvalue weighted by atomic mass is 9.94. The second-order valence-corrected chi connectivity index (χ2v) is 7.81. The monoisotopic (exact) mass is 391 g/mol. The van der Waals surface area contributed by atoms with E-state index >= 15 is 0 Å². The minimum Gasteiger partial charge on any atom is -0.350 e. The van der Waals surface area contributed by atoms with Gasteiger partial charge in [0.15, 0.2) is 0 Å². The second-order valence-electron chi connectivity index (χ2n) is 7.81. The molecular formula is C22H25N5O2. The highest BCUT2D eigenvalue weighted by Gasteiger charge is 2.26. The van der Waals surface area contributed by atoms with Gasteiger partial charge < -0.3 is 10.6 Å². The average molecular weight is 391 g/mol. The fourth-order valence-corrected chi connectivity index (χ4v) is 3.82. The molecule has 0 saturated carbocycles. The van der Waals surface area contributed by atoms with Gasteiger partial charge in [-0.05, 0) is 44.1 Å². The molecule has 0 bridgehead atoms. The summed E-state index contributed by atoms with van der Waals surface area (Å²) in [6.07, 6.45) is 4.93. The molecule has 150 valence electrons. The topological polar surface area (TPSA) is 88.9 Å². The van der Waals surface area contributed by atoms with Gasteiger partial charge in [-0.1, -0.05) is 24.3 Å². The lowest BCUT2D eigenvalue weighted by molar-refractivity contribution is 0.0928. The number of pyridine rings is 1. The van der Waals surface area contributed by atoms with Crippen molar-refractivity contribution in [3.05, 3.63) is 59.7 Å². The molecule has 3 aromatic rings. The van der Waals surface area contributed by atoms with E-state index in [0.717, 1.165) is 29.4 Å². The van der Waals surface area contributed by atoms with E-state index in [1.807, 2.05) is 48.9 Å². The maximum Gasteiger partial charge on any atom is 0.270 e. The third kappa shape index (κ3) is 3.99. The van der Waals surface area contributed by atoms with Crippen molar-refractivity contribution in [1.82, 2.24) is 25.4 Å². The summed E-state index contributed by atoms with van der Waals surface area (Å²) in [5.74, 6) is -0.00623. The van der Waals surface area contributed by atoms with Gasteiger partial charge in [-0.25, -0.2) is 0 Å². The van der Waals surface area contributed by atoms with Gasteiger partial charge in [-0.2, -0.15) is 5.10 Å². The Kier molecular flexibility index (Phi) is 5.29. The smallest absolute Gasteiger partial charge is 0.270 e. The highest BCUT2D eigenvalue weighted by molar-refractivity contribution is 6.05. The lowest BCUT2D eigenvalue weighted by Crippen LogP contribution is -2.35. The molecule has 3 heterocycles. The molecule has 29 heavy (non-hydrogen) atoms. The predicted octanol–water partition coefficient (Wildman–Crippen LogP) is 2.56. The molecule has 0 radical (unpaired) electrons. The molecule has 0 aliphatic carbocycles. The number of fused-ring (bicyclic) bond motifs is 2. The number of carbonyl (C=O) groups is 2. The van der Waals surface area contributed by atoms with E-state index in [4.69, 9.17) is 0 Å². The number of amides is 2. The van der Waals surface area contributed by atoms with E-state index in [1.54, 1.807) is 12.4 Å². The molecule has 1 atom stereocenters. The molecule has 0 spiro atoms. The summed E-state index contributed by atoms with van der Waals surface area (Å²) in [4.78, 5) is 29.5. The number of aromatic nitrogens is 3. The standard InChI is InChI=1S/C22H25N5O2/c1-14(2)26-21(28)18-13-25-27-10-8-15(11-19(18)27)12-24-22(29)20-17-6-4-3-5-16(17)7-9-23-20/h3-7,9,13-15H,8,10-12H2,1-2H3,(H,24,29)(H,26,28). The Morgan fingerprint density at radius 1 is 1.21 bits per heavy atom. The van der Waals surface area contributed by atoms with Crippen molar-refractivity contribution < 1.29 is 9.59 Å². The van der Waals surface area contributed by atoms with Crippen LogP contribution in [0.15, 0.2) is 42.7 Å². The summed E-state index contributed by atoms with van der Waals surface area (Å²) >= 11 is 0. The van der Waals surface area contributed by atoms with Crippen molar-refractivity contribution in [3.8, 4) is 0 Å². The normalized spacial score (nSPS) is 15.9. The predicted molar refractivity (Wildman–Crippen MR) is 111 cm³/mol. The van der Waals surface area contributed by atoms with Crippen LogP contribution in [0.2, 0.25) is 0 Å². The van der Waals surface area contributed by atoms with Crippen LogP contribution in [-0.4, -0.2) is 39.2 Å². The number of hydrogen-bond donors (Lipinski definition) is 2. The van der Waals surface area contributed by atoms with Crippen molar-refractivity contribution in [2.24, 2.45) is 5.92 Å². The zero-order valence-electron chi connectivity index (χ0n) is 16.7. The summed E-state index contributed by atoms with van der Waals surface area (Å²) in [5, 5.41) is 12.2. The summed E-state index contributed by atoms with van der Waals surface area (Å²) < 4.78 is 1.90. The fraction of sp³-hybridized carbons (Fsp3) is 0.364. The van der Waals surface area contributed by atoms with E-state index in [-0.39, 0.29) is 23.8 Å². The first kappa shape index (κ1) is 19.1. The minimum absolute atomic E-state index is 0.0740. The van der Waals surface area contributed by atoms with E-state index in [9.17, 15) is 9.59 Å². The van der Waals surface area contributed by atoms with Gasteiger partial charge in [0.05, 0.1) is 17.5 Å². The van der Waals surface area contributed by atoms with Crippen LogP contribution in [0.5, 0.6) is 0 Å². The van der Waals surface area contributed by atoms with Gasteiger partial charge in [0, 0.05) is 30.7 Å². The Hall–Kier alpha value is -3.22. The van der Waals surface area contributed by atoms with E-state index in [0.29, 0.717) is 24.2 Å². The first-order valence-corrected chi connectivity index (χ1v) is 10.0. The molecule has 1 aliphatic heterocycles. The summed E-state index contributed by atoms with van der Waals surface area (Å²) in [5.41, 5.74) is 2.02. The molecule has 4 rings (SSSR count). The molecule has 1 aliphatic rings. The van der Waals surface area contributed by atoms with Crippen LogP contribution >= 0.6 is 0 Å². The Morgan fingerprint density at radius 3 is 2.86 bits per heavy atom. The van der Waals surface area contributed by atoms with Crippen LogP contribution in [0.3, 0.4) is 0 Å². The Labute approximate surface area is 169 Å². The van der Waals surface area contributed by atoms with Crippen molar-refractivity contribution in [3.63, 3.8) is 0 Å². The quantitative estimate of drug-likeness (QED) is 0.700. The third-order valence-electron chi connectivity index (χ3n) is 5.28. The summed E-state index contributed by atoms with van der Waals surface area (Å²) in [6, 6.07) is 9.72. The Balaban J connectivity index is 1.44. The number of hydrogen-bond acceptors (Lipinski definition) is 4. The van der Waals surface area contributed by atoms with Crippen LogP contribution < -0.4 is 10.6 Å². The molecule has 7 heteroatoms. The van der Waals surface area contributed by atoms with Crippen LogP contribution in [0.25, 0.3) is 10.8 Å². The molecule has 7 nitrogen and oxygen atoms in total. The average Bonchev–Trinajstić information content (AvgIpc) is 3.14. The van der Waals surface area contributed by atoms with Crippen LogP contribution in [0.1, 0.15) is 46.8 Å². The maximum absolute atomic E-state index is 12.7. The molecule has 2 aromatic heterocycles. The number of rotatable bonds is 5. The minimum atomic E-state index is -0.168. The van der Waals surface area contributed by atoms with Gasteiger partial charge in [-0.3, -0.25) is 19.3 Å². The number of benzene rings is 1. The highest BCUT2D eigenvalue weighted by Crippen LogP contribution is 2.23. The number of nitrogens with zero attached hydrogens (tertiary/aromatic N) is 3. The van der Waals surface area contributed by atoms with Gasteiger partial charge in [-0.15, -0.1) is 0 Å². The van der Waals surface area contributed by atoms with Gasteiger partial charge in [0.25, 0.3) is 11.8 Å². The van der Waals surface area contributed by atoms with Crippen LogP contribution in [-0.2, 0) is 13.0 Å². The van der Waals surface area contributed by atoms with E-state index in [2.05, 4.69) is 20.7 Å². The molecule has 2 amide bonds. The fourth-order valence-electron chi connectivity index (χ4n) is 3.82. The van der Waals surface area contributed by atoms with E-state index < -0.39 is 0 Å². The molecule has 2 N–H and O–H groups in total. The first-order chi connectivity index (χ1) is 14.0. The van der Waals surface area contributed by atoms with Gasteiger partial charge in [0.1, 0.15) is 5.69 Å². The molecule has 1 unspecified atom stereocenters. The largest absolute Gasteiger partial charge is 0.350 e. The molecular weight excluding hydrogens is 366 g/mol. The number of carbonyl (C=O) groups excluding carboxylic acids is 2. The SMILES string of the molecule is CC(C)NC(=O)c1cnn2c1CC(CNC(=O)c1nccc3ccccc13)CC2. The zero-order chi connectivity index (χ0) is 20.4. The summed E-state index contributed by atoms with van der Waals surface area (Å²) in [7, 11) is 0. The van der Waals surface area contributed by atoms with Gasteiger partial charge >= 0.3 is 0 Å². The number of nitrogens with one attached hydrogen (secondary N) is 2. The number of aryl methyl sites for hydroxylation is 1. The summed E-state index contributed by atoms with van der Waals surface area (Å²) in [6.45, 7) is 5.17. The second kappa shape index (κ2) is 8.03. The third-order valence-corrected chi connectivity index (χ3v) is 5.28. The molecule has 0 fully saturated rings. The van der Waals surface area contributed by atoms with Crippen LogP contribution in [0, 0.1) is 5.92 Å². The highest BCUT2D eigenvalue weighted by atomic mass is 16.2. The van der Waals surface area contributed by atoms with Crippen molar-refractivity contribution in [2.45, 2.75) is 39.3 Å². The first-order valence-electron chi connectivity index (χ1n) is 10.0. The Morgan fingerprint density at radius 2 is 2.03 bits per heavy atom. The van der Waals surface area contributed by atoms with Crippen molar-refractivity contribution in [2.75, 3.05) is 6.54 Å².